The molecule has 0 fully saturated rings. The summed E-state index contributed by atoms with van der Waals surface area (Å²) in [6, 6.07) is 10.9. The number of halogens is 3. The van der Waals surface area contributed by atoms with E-state index in [2.05, 4.69) is 47.8 Å². The summed E-state index contributed by atoms with van der Waals surface area (Å²) in [4.78, 5) is 12.6. The lowest BCUT2D eigenvalue weighted by Crippen LogP contribution is -2.05. The molecule has 0 aliphatic heterocycles. The van der Waals surface area contributed by atoms with E-state index in [1.165, 1.54) is 0 Å². The van der Waals surface area contributed by atoms with E-state index in [0.717, 1.165) is 13.4 Å². The number of rotatable bonds is 3. The monoisotopic (exact) mass is 446 g/mol. The summed E-state index contributed by atoms with van der Waals surface area (Å²) >= 11 is 10.1. The lowest BCUT2D eigenvalue weighted by Gasteiger charge is -2.09. The van der Waals surface area contributed by atoms with Gasteiger partial charge in [0.15, 0.2) is 5.78 Å². The van der Waals surface area contributed by atoms with Crippen molar-refractivity contribution < 1.29 is 9.53 Å². The van der Waals surface area contributed by atoms with E-state index >= 15 is 0 Å². The van der Waals surface area contributed by atoms with Crippen LogP contribution in [0.25, 0.3) is 0 Å². The third-order valence-electron chi connectivity index (χ3n) is 2.58. The summed E-state index contributed by atoms with van der Waals surface area (Å²) in [6.07, 6.45) is 0. The fourth-order valence-electron chi connectivity index (χ4n) is 1.67. The standard InChI is InChI=1S/C14H9Br3O2/c1-19-13-5-3-9(16)7-11(13)14(18)10-6-8(15)2-4-12(10)17/h2-7H,1H3. The molecule has 0 aliphatic carbocycles. The van der Waals surface area contributed by atoms with E-state index in [1.807, 2.05) is 18.2 Å². The molecule has 0 bridgehead atoms. The molecule has 0 aromatic heterocycles. The van der Waals surface area contributed by atoms with Gasteiger partial charge in [0.1, 0.15) is 5.75 Å². The average molecular weight is 449 g/mol. The molecule has 19 heavy (non-hydrogen) atoms. The van der Waals surface area contributed by atoms with Crippen LogP contribution in [0, 0.1) is 0 Å². The van der Waals surface area contributed by atoms with Crippen molar-refractivity contribution in [2.45, 2.75) is 0 Å². The van der Waals surface area contributed by atoms with Crippen molar-refractivity contribution in [1.29, 1.82) is 0 Å². The lowest BCUT2D eigenvalue weighted by molar-refractivity contribution is 0.103. The molecule has 2 nitrogen and oxygen atoms in total. The van der Waals surface area contributed by atoms with E-state index < -0.39 is 0 Å². The Kier molecular flexibility index (Phi) is 4.81. The Bertz CT molecular complexity index is 639. The third kappa shape index (κ3) is 3.27. The van der Waals surface area contributed by atoms with E-state index in [1.54, 1.807) is 25.3 Å². The molecule has 2 rings (SSSR count). The number of carbonyl (C=O) groups excluding carboxylic acids is 1. The van der Waals surface area contributed by atoms with Gasteiger partial charge in [0.2, 0.25) is 0 Å². The zero-order valence-electron chi connectivity index (χ0n) is 9.91. The van der Waals surface area contributed by atoms with E-state index in [-0.39, 0.29) is 5.78 Å². The first-order chi connectivity index (χ1) is 9.02. The number of ether oxygens (including phenoxy) is 1. The first kappa shape index (κ1) is 14.8. The minimum atomic E-state index is -0.0914. The molecule has 0 saturated heterocycles. The number of hydrogen-bond acceptors (Lipinski definition) is 2. The van der Waals surface area contributed by atoms with Gasteiger partial charge in [-0.1, -0.05) is 47.8 Å². The molecule has 0 spiro atoms. The minimum absolute atomic E-state index is 0.0914. The van der Waals surface area contributed by atoms with Gasteiger partial charge in [0, 0.05) is 19.0 Å². The molecule has 0 saturated carbocycles. The molecule has 5 heteroatoms. The molecule has 0 radical (unpaired) electrons. The third-order valence-corrected chi connectivity index (χ3v) is 4.26. The fourth-order valence-corrected chi connectivity index (χ4v) is 2.82. The highest BCUT2D eigenvalue weighted by Gasteiger charge is 2.17. The van der Waals surface area contributed by atoms with Crippen LogP contribution < -0.4 is 4.74 Å². The normalized spacial score (nSPS) is 10.3. The molecular weight excluding hydrogens is 440 g/mol. The minimum Gasteiger partial charge on any atom is -0.496 e. The van der Waals surface area contributed by atoms with Crippen LogP contribution in [-0.4, -0.2) is 12.9 Å². The number of hydrogen-bond donors (Lipinski definition) is 0. The molecule has 0 N–H and O–H groups in total. The highest BCUT2D eigenvalue weighted by molar-refractivity contribution is 9.11. The van der Waals surface area contributed by atoms with Gasteiger partial charge >= 0.3 is 0 Å². The summed E-state index contributed by atoms with van der Waals surface area (Å²) in [5.74, 6) is 0.464. The molecule has 0 amide bonds. The van der Waals surface area contributed by atoms with Crippen LogP contribution >= 0.6 is 47.8 Å². The number of ketones is 1. The van der Waals surface area contributed by atoms with Crippen molar-refractivity contribution in [2.75, 3.05) is 7.11 Å². The van der Waals surface area contributed by atoms with Crippen molar-refractivity contribution in [1.82, 2.24) is 0 Å². The van der Waals surface area contributed by atoms with Crippen LogP contribution in [0.4, 0.5) is 0 Å². The first-order valence-corrected chi connectivity index (χ1v) is 7.74. The molecule has 0 atom stereocenters. The Morgan fingerprint density at radius 2 is 1.53 bits per heavy atom. The summed E-state index contributed by atoms with van der Waals surface area (Å²) in [7, 11) is 1.55. The smallest absolute Gasteiger partial charge is 0.197 e. The van der Waals surface area contributed by atoms with Gasteiger partial charge in [-0.15, -0.1) is 0 Å². The van der Waals surface area contributed by atoms with Gasteiger partial charge in [-0.25, -0.2) is 0 Å². The largest absolute Gasteiger partial charge is 0.496 e. The predicted molar refractivity (Wildman–Crippen MR) is 86.0 cm³/mol. The second kappa shape index (κ2) is 6.20. The van der Waals surface area contributed by atoms with Crippen LogP contribution in [0.1, 0.15) is 15.9 Å². The number of benzene rings is 2. The maximum absolute atomic E-state index is 12.6. The van der Waals surface area contributed by atoms with Crippen molar-refractivity contribution >= 4 is 53.6 Å². The summed E-state index contributed by atoms with van der Waals surface area (Å²) < 4.78 is 7.69. The van der Waals surface area contributed by atoms with Gasteiger partial charge in [0.25, 0.3) is 0 Å². The Morgan fingerprint density at radius 3 is 2.16 bits per heavy atom. The maximum Gasteiger partial charge on any atom is 0.197 e. The van der Waals surface area contributed by atoms with Crippen LogP contribution in [0.3, 0.4) is 0 Å². The fraction of sp³-hybridized carbons (Fsp3) is 0.0714. The topological polar surface area (TPSA) is 26.3 Å². The van der Waals surface area contributed by atoms with Crippen LogP contribution in [0.15, 0.2) is 49.8 Å². The number of carbonyl (C=O) groups is 1. The lowest BCUT2D eigenvalue weighted by atomic mass is 10.0. The predicted octanol–water partition coefficient (Wildman–Crippen LogP) is 5.21. The number of methoxy groups -OCH3 is 1. The summed E-state index contributed by atoms with van der Waals surface area (Å²) in [6.45, 7) is 0. The molecular formula is C14H9Br3O2. The van der Waals surface area contributed by atoms with E-state index in [0.29, 0.717) is 16.9 Å². The Labute approximate surface area is 136 Å². The molecule has 0 aliphatic rings. The quantitative estimate of drug-likeness (QED) is 0.602. The molecule has 2 aromatic carbocycles. The highest BCUT2D eigenvalue weighted by Crippen LogP contribution is 2.29. The van der Waals surface area contributed by atoms with Crippen molar-refractivity contribution in [2.24, 2.45) is 0 Å². The van der Waals surface area contributed by atoms with E-state index in [4.69, 9.17) is 4.74 Å². The van der Waals surface area contributed by atoms with Crippen LogP contribution in [0.5, 0.6) is 5.75 Å². The second-order valence-corrected chi connectivity index (χ2v) is 6.48. The summed E-state index contributed by atoms with van der Waals surface area (Å²) in [5, 5.41) is 0. The van der Waals surface area contributed by atoms with Gasteiger partial charge in [-0.2, -0.15) is 0 Å². The molecule has 0 heterocycles. The van der Waals surface area contributed by atoms with Gasteiger partial charge in [-0.05, 0) is 36.4 Å². The Hall–Kier alpha value is -0.650. The zero-order valence-corrected chi connectivity index (χ0v) is 14.7. The SMILES string of the molecule is COc1ccc(Br)cc1C(=O)c1cc(Br)ccc1Br. The Morgan fingerprint density at radius 1 is 0.947 bits per heavy atom. The van der Waals surface area contributed by atoms with Gasteiger partial charge in [0.05, 0.1) is 12.7 Å². The second-order valence-electron chi connectivity index (χ2n) is 3.80. The maximum atomic E-state index is 12.6. The van der Waals surface area contributed by atoms with Crippen molar-refractivity contribution in [3.05, 3.63) is 60.9 Å². The van der Waals surface area contributed by atoms with Crippen LogP contribution in [-0.2, 0) is 0 Å². The van der Waals surface area contributed by atoms with Gasteiger partial charge < -0.3 is 4.74 Å². The molecule has 98 valence electrons. The average Bonchev–Trinajstić information content (AvgIpc) is 2.40. The van der Waals surface area contributed by atoms with Crippen LogP contribution in [0.2, 0.25) is 0 Å². The summed E-state index contributed by atoms with van der Waals surface area (Å²) in [5.41, 5.74) is 1.11. The molecule has 2 aromatic rings. The highest BCUT2D eigenvalue weighted by atomic mass is 79.9. The Balaban J connectivity index is 2.55. The molecule has 0 unspecified atom stereocenters. The van der Waals surface area contributed by atoms with Gasteiger partial charge in [-0.3, -0.25) is 4.79 Å². The van der Waals surface area contributed by atoms with E-state index in [9.17, 15) is 4.79 Å². The zero-order chi connectivity index (χ0) is 14.0. The van der Waals surface area contributed by atoms with Crippen molar-refractivity contribution in [3.63, 3.8) is 0 Å². The van der Waals surface area contributed by atoms with Crippen molar-refractivity contribution in [3.8, 4) is 5.75 Å². The first-order valence-electron chi connectivity index (χ1n) is 5.36.